The largest absolute Gasteiger partial charge is 0.356 e. The lowest BCUT2D eigenvalue weighted by Gasteiger charge is -2.24. The fourth-order valence-corrected chi connectivity index (χ4v) is 1.56. The summed E-state index contributed by atoms with van der Waals surface area (Å²) in [7, 11) is -1.40. The Kier molecular flexibility index (Phi) is 11.0. The quantitative estimate of drug-likeness (QED) is 0.293. The summed E-state index contributed by atoms with van der Waals surface area (Å²) < 4.78 is 22.3. The molecule has 0 spiro atoms. The molecule has 0 aromatic rings. The predicted molar refractivity (Wildman–Crippen MR) is 93.2 cm³/mol. The second-order valence-electron chi connectivity index (χ2n) is 5.09. The summed E-state index contributed by atoms with van der Waals surface area (Å²) in [4.78, 5) is 4.07. The molecule has 0 aliphatic heterocycles. The van der Waals surface area contributed by atoms with Crippen molar-refractivity contribution in [3.05, 3.63) is 0 Å². The summed E-state index contributed by atoms with van der Waals surface area (Å²) >= 11 is 0. The standard InChI is InChI=1S/C12H27N3O2S.HI/c1-6-7-8-9-14-11(13-4)15-10-12(2,3)18(5,16)17;/h6-10H2,1-5H3,(H2,13,14,15);1H. The molecular formula is C12H28IN3O2S. The molecule has 7 heteroatoms. The summed E-state index contributed by atoms with van der Waals surface area (Å²) in [6.45, 7) is 6.77. The van der Waals surface area contributed by atoms with Crippen molar-refractivity contribution >= 4 is 39.8 Å². The lowest BCUT2D eigenvalue weighted by Crippen LogP contribution is -2.47. The van der Waals surface area contributed by atoms with Gasteiger partial charge in [0.15, 0.2) is 15.8 Å². The first-order valence-corrected chi connectivity index (χ1v) is 8.28. The van der Waals surface area contributed by atoms with Gasteiger partial charge < -0.3 is 10.6 Å². The molecule has 0 heterocycles. The number of guanidine groups is 1. The van der Waals surface area contributed by atoms with E-state index in [-0.39, 0.29) is 24.0 Å². The Labute approximate surface area is 135 Å². The van der Waals surface area contributed by atoms with Crippen LogP contribution in [0.25, 0.3) is 0 Å². The maximum atomic E-state index is 11.6. The van der Waals surface area contributed by atoms with Crippen molar-refractivity contribution in [1.82, 2.24) is 10.6 Å². The normalized spacial score (nSPS) is 12.8. The van der Waals surface area contributed by atoms with Gasteiger partial charge in [0.2, 0.25) is 0 Å². The molecule has 0 amide bonds. The number of nitrogens with zero attached hydrogens (tertiary/aromatic N) is 1. The summed E-state index contributed by atoms with van der Waals surface area (Å²) in [6, 6.07) is 0. The van der Waals surface area contributed by atoms with Crippen LogP contribution in [-0.2, 0) is 9.84 Å². The van der Waals surface area contributed by atoms with E-state index < -0.39 is 14.6 Å². The number of halogens is 1. The molecule has 0 saturated heterocycles. The van der Waals surface area contributed by atoms with Crippen LogP contribution in [0.15, 0.2) is 4.99 Å². The van der Waals surface area contributed by atoms with Gasteiger partial charge in [-0.1, -0.05) is 19.8 Å². The maximum absolute atomic E-state index is 11.6. The number of rotatable bonds is 7. The lowest BCUT2D eigenvalue weighted by molar-refractivity contribution is 0.544. The molecule has 0 aromatic carbocycles. The van der Waals surface area contributed by atoms with E-state index in [0.29, 0.717) is 12.5 Å². The van der Waals surface area contributed by atoms with Gasteiger partial charge in [-0.15, -0.1) is 24.0 Å². The number of nitrogens with one attached hydrogen (secondary N) is 2. The van der Waals surface area contributed by atoms with Crippen molar-refractivity contribution in [1.29, 1.82) is 0 Å². The Morgan fingerprint density at radius 2 is 1.79 bits per heavy atom. The molecule has 0 unspecified atom stereocenters. The van der Waals surface area contributed by atoms with Crippen molar-refractivity contribution in [3.8, 4) is 0 Å². The van der Waals surface area contributed by atoms with E-state index in [9.17, 15) is 8.42 Å². The Morgan fingerprint density at radius 3 is 2.21 bits per heavy atom. The minimum absolute atomic E-state index is 0. The monoisotopic (exact) mass is 405 g/mol. The van der Waals surface area contributed by atoms with Crippen molar-refractivity contribution in [2.24, 2.45) is 4.99 Å². The van der Waals surface area contributed by atoms with Crippen LogP contribution in [0.2, 0.25) is 0 Å². The van der Waals surface area contributed by atoms with Crippen molar-refractivity contribution in [3.63, 3.8) is 0 Å². The molecule has 2 N–H and O–H groups in total. The average Bonchev–Trinajstić information content (AvgIpc) is 2.26. The first-order valence-electron chi connectivity index (χ1n) is 6.38. The molecule has 0 rings (SSSR count). The van der Waals surface area contributed by atoms with E-state index >= 15 is 0 Å². The van der Waals surface area contributed by atoms with Gasteiger partial charge in [-0.3, -0.25) is 4.99 Å². The van der Waals surface area contributed by atoms with Gasteiger partial charge in [0, 0.05) is 26.4 Å². The minimum atomic E-state index is -3.08. The predicted octanol–water partition coefficient (Wildman–Crippen LogP) is 1.78. The van der Waals surface area contributed by atoms with Gasteiger partial charge in [-0.05, 0) is 20.3 Å². The zero-order valence-corrected chi connectivity index (χ0v) is 15.8. The highest BCUT2D eigenvalue weighted by molar-refractivity contribution is 14.0. The van der Waals surface area contributed by atoms with Crippen LogP contribution in [0.1, 0.15) is 40.0 Å². The summed E-state index contributed by atoms with van der Waals surface area (Å²) in [5, 5.41) is 6.23. The molecular weight excluding hydrogens is 377 g/mol. The second-order valence-corrected chi connectivity index (χ2v) is 7.74. The molecule has 0 radical (unpaired) electrons. The van der Waals surface area contributed by atoms with Crippen LogP contribution in [0.5, 0.6) is 0 Å². The van der Waals surface area contributed by atoms with Crippen LogP contribution in [0, 0.1) is 0 Å². The van der Waals surface area contributed by atoms with Gasteiger partial charge in [0.25, 0.3) is 0 Å². The van der Waals surface area contributed by atoms with E-state index in [1.54, 1.807) is 20.9 Å². The number of aliphatic imine (C=N–C) groups is 1. The average molecular weight is 405 g/mol. The highest BCUT2D eigenvalue weighted by Crippen LogP contribution is 2.13. The molecule has 0 aliphatic rings. The van der Waals surface area contributed by atoms with Crippen molar-refractivity contribution in [2.75, 3.05) is 26.4 Å². The Hall–Kier alpha value is -0.0500. The summed E-state index contributed by atoms with van der Waals surface area (Å²) in [5.74, 6) is 0.655. The van der Waals surface area contributed by atoms with Gasteiger partial charge >= 0.3 is 0 Å². The van der Waals surface area contributed by atoms with Gasteiger partial charge in [-0.25, -0.2) is 8.42 Å². The van der Waals surface area contributed by atoms with Gasteiger partial charge in [0.1, 0.15) is 0 Å². The Morgan fingerprint density at radius 1 is 1.21 bits per heavy atom. The minimum Gasteiger partial charge on any atom is -0.356 e. The Bertz CT molecular complexity index is 367. The maximum Gasteiger partial charge on any atom is 0.191 e. The summed E-state index contributed by atoms with van der Waals surface area (Å²) in [5.41, 5.74) is 0. The lowest BCUT2D eigenvalue weighted by atomic mass is 10.2. The van der Waals surface area contributed by atoms with E-state index in [2.05, 4.69) is 22.5 Å². The van der Waals surface area contributed by atoms with Crippen LogP contribution in [-0.4, -0.2) is 45.5 Å². The highest BCUT2D eigenvalue weighted by atomic mass is 127. The van der Waals surface area contributed by atoms with Crippen molar-refractivity contribution < 1.29 is 8.42 Å². The number of unbranched alkanes of at least 4 members (excludes halogenated alkanes) is 2. The third kappa shape index (κ3) is 8.67. The van der Waals surface area contributed by atoms with Gasteiger partial charge in [-0.2, -0.15) is 0 Å². The number of hydrogen-bond donors (Lipinski definition) is 2. The third-order valence-corrected chi connectivity index (χ3v) is 5.13. The number of sulfone groups is 1. The summed E-state index contributed by atoms with van der Waals surface area (Å²) in [6.07, 6.45) is 4.70. The third-order valence-electron chi connectivity index (χ3n) is 2.98. The zero-order valence-electron chi connectivity index (χ0n) is 12.6. The second kappa shape index (κ2) is 9.79. The van der Waals surface area contributed by atoms with Crippen LogP contribution in [0.3, 0.4) is 0 Å². The first kappa shape index (κ1) is 21.3. The van der Waals surface area contributed by atoms with Crippen LogP contribution in [0.4, 0.5) is 0 Å². The molecule has 116 valence electrons. The van der Waals surface area contributed by atoms with E-state index in [4.69, 9.17) is 0 Å². The molecule has 19 heavy (non-hydrogen) atoms. The molecule has 0 saturated carbocycles. The smallest absolute Gasteiger partial charge is 0.191 e. The van der Waals surface area contributed by atoms with Crippen molar-refractivity contribution in [2.45, 2.75) is 44.8 Å². The van der Waals surface area contributed by atoms with E-state index in [1.807, 2.05) is 0 Å². The molecule has 0 aliphatic carbocycles. The molecule has 0 aromatic heterocycles. The SMILES string of the molecule is CCCCCNC(=NC)NCC(C)(C)S(C)(=O)=O.I. The topological polar surface area (TPSA) is 70.6 Å². The van der Waals surface area contributed by atoms with E-state index in [1.165, 1.54) is 19.1 Å². The fourth-order valence-electron chi connectivity index (χ4n) is 1.23. The van der Waals surface area contributed by atoms with Crippen LogP contribution < -0.4 is 10.6 Å². The molecule has 5 nitrogen and oxygen atoms in total. The van der Waals surface area contributed by atoms with Gasteiger partial charge in [0.05, 0.1) is 4.75 Å². The van der Waals surface area contributed by atoms with E-state index in [0.717, 1.165) is 13.0 Å². The zero-order chi connectivity index (χ0) is 14.2. The fraction of sp³-hybridized carbons (Fsp3) is 0.917. The molecule has 0 bridgehead atoms. The molecule has 0 fully saturated rings. The first-order chi connectivity index (χ1) is 8.24. The number of hydrogen-bond acceptors (Lipinski definition) is 3. The Balaban J connectivity index is 0. The highest BCUT2D eigenvalue weighted by Gasteiger charge is 2.30. The van der Waals surface area contributed by atoms with Crippen LogP contribution >= 0.6 is 24.0 Å². The molecule has 0 atom stereocenters.